The van der Waals surface area contributed by atoms with Gasteiger partial charge in [0, 0.05) is 38.4 Å². The average Bonchev–Trinajstić information content (AvgIpc) is 3.92. The first-order valence-electron chi connectivity index (χ1n) is 23.5. The van der Waals surface area contributed by atoms with Crippen molar-refractivity contribution >= 4 is 21.8 Å². The summed E-state index contributed by atoms with van der Waals surface area (Å²) in [5.74, 6) is 0. The Labute approximate surface area is 392 Å². The third kappa shape index (κ3) is 6.13. The molecule has 0 saturated carbocycles. The van der Waals surface area contributed by atoms with Gasteiger partial charge in [0.1, 0.15) is 0 Å². The second-order valence-electron chi connectivity index (χ2n) is 19.6. The van der Waals surface area contributed by atoms with Gasteiger partial charge in [-0.2, -0.15) is 0 Å². The maximum atomic E-state index is 5.28. The van der Waals surface area contributed by atoms with Crippen molar-refractivity contribution in [1.29, 1.82) is 0 Å². The van der Waals surface area contributed by atoms with E-state index in [9.17, 15) is 0 Å². The van der Waals surface area contributed by atoms with E-state index in [2.05, 4.69) is 251 Å². The lowest BCUT2D eigenvalue weighted by Gasteiger charge is -2.23. The summed E-state index contributed by atoms with van der Waals surface area (Å²) in [4.78, 5) is 5.28. The van der Waals surface area contributed by atoms with E-state index in [1.54, 1.807) is 0 Å². The molecular formula is C65H48N2. The van der Waals surface area contributed by atoms with Crippen molar-refractivity contribution in [2.75, 3.05) is 0 Å². The summed E-state index contributed by atoms with van der Waals surface area (Å²) in [6.45, 7) is 9.53. The highest BCUT2D eigenvalue weighted by atomic mass is 15.0. The van der Waals surface area contributed by atoms with Crippen LogP contribution < -0.4 is 0 Å². The van der Waals surface area contributed by atoms with Crippen molar-refractivity contribution in [2.45, 2.75) is 38.5 Å². The van der Waals surface area contributed by atoms with Crippen molar-refractivity contribution in [1.82, 2.24) is 9.55 Å². The molecule has 0 aliphatic heterocycles. The number of nitrogens with zero attached hydrogens (tertiary/aromatic N) is 2. The zero-order chi connectivity index (χ0) is 45.0. The normalized spacial score (nSPS) is 13.9. The first kappa shape index (κ1) is 39.3. The molecular weight excluding hydrogens is 809 g/mol. The van der Waals surface area contributed by atoms with E-state index in [1.807, 2.05) is 0 Å². The number of rotatable bonds is 6. The minimum Gasteiger partial charge on any atom is -0.309 e. The van der Waals surface area contributed by atoms with Crippen molar-refractivity contribution in [2.24, 2.45) is 0 Å². The van der Waals surface area contributed by atoms with Gasteiger partial charge in [0.25, 0.3) is 0 Å². The maximum Gasteiger partial charge on any atom is 0.0715 e. The summed E-state index contributed by atoms with van der Waals surface area (Å²) >= 11 is 0. The zero-order valence-electron chi connectivity index (χ0n) is 38.2. The number of hydrogen-bond acceptors (Lipinski definition) is 1. The highest BCUT2D eigenvalue weighted by molar-refractivity contribution is 6.09. The summed E-state index contributed by atoms with van der Waals surface area (Å²) in [7, 11) is 0. The second-order valence-corrected chi connectivity index (χ2v) is 19.6. The molecule has 2 nitrogen and oxygen atoms in total. The highest BCUT2D eigenvalue weighted by Gasteiger charge is 2.37. The number of hydrogen-bond donors (Lipinski definition) is 0. The van der Waals surface area contributed by atoms with E-state index < -0.39 is 0 Å². The molecule has 2 aromatic heterocycles. The van der Waals surface area contributed by atoms with Gasteiger partial charge in [-0.25, -0.2) is 4.98 Å². The molecule has 0 bridgehead atoms. The van der Waals surface area contributed by atoms with E-state index >= 15 is 0 Å². The Morgan fingerprint density at radius 2 is 0.701 bits per heavy atom. The molecule has 0 N–H and O–H groups in total. The SMILES string of the molecule is CC1(C)c2cc(-c3cccc(-c4ccc5c(c4)C(C)(C)c4cc(-n6c7ccccc7c7ccccc76)ccc4-5)c3)ccc2-c2ccc(-c3cc(-c4ccccc4)cc(-c4ccccc4)n3)cc21. The zero-order valence-corrected chi connectivity index (χ0v) is 38.2. The van der Waals surface area contributed by atoms with Gasteiger partial charge in [0.2, 0.25) is 0 Å². The van der Waals surface area contributed by atoms with E-state index in [-0.39, 0.29) is 10.8 Å². The monoisotopic (exact) mass is 856 g/mol. The van der Waals surface area contributed by atoms with E-state index in [1.165, 1.54) is 99.8 Å². The number of benzene rings is 9. The summed E-state index contributed by atoms with van der Waals surface area (Å²) in [6.07, 6.45) is 0. The molecule has 0 amide bonds. The predicted octanol–water partition coefficient (Wildman–Crippen LogP) is 17.1. The van der Waals surface area contributed by atoms with Gasteiger partial charge >= 0.3 is 0 Å². The fourth-order valence-electron chi connectivity index (χ4n) is 11.4. The molecule has 2 aliphatic rings. The van der Waals surface area contributed by atoms with Gasteiger partial charge in [0.15, 0.2) is 0 Å². The summed E-state index contributed by atoms with van der Waals surface area (Å²) < 4.78 is 2.43. The number of fused-ring (bicyclic) bond motifs is 9. The van der Waals surface area contributed by atoms with E-state index in [0.717, 1.165) is 28.1 Å². The van der Waals surface area contributed by atoms with Gasteiger partial charge in [-0.3, -0.25) is 0 Å². The van der Waals surface area contributed by atoms with Crippen LogP contribution in [0.2, 0.25) is 0 Å². The van der Waals surface area contributed by atoms with Crippen LogP contribution in [0.4, 0.5) is 0 Å². The molecule has 67 heavy (non-hydrogen) atoms. The van der Waals surface area contributed by atoms with Crippen molar-refractivity contribution in [3.05, 3.63) is 241 Å². The predicted molar refractivity (Wildman–Crippen MR) is 281 cm³/mol. The van der Waals surface area contributed by atoms with Crippen LogP contribution in [0.3, 0.4) is 0 Å². The fraction of sp³-hybridized carbons (Fsp3) is 0.0923. The Hall–Kier alpha value is -8.07. The molecule has 0 radical (unpaired) electrons. The molecule has 2 heterocycles. The molecule has 11 aromatic rings. The number of para-hydroxylation sites is 2. The third-order valence-electron chi connectivity index (χ3n) is 15.0. The van der Waals surface area contributed by atoms with Crippen LogP contribution in [-0.2, 0) is 10.8 Å². The molecule has 13 rings (SSSR count). The Morgan fingerprint density at radius 3 is 1.25 bits per heavy atom. The number of pyridine rings is 1. The number of aromatic nitrogens is 2. The summed E-state index contributed by atoms with van der Waals surface area (Å²) in [5.41, 5.74) is 25.5. The average molecular weight is 857 g/mol. The van der Waals surface area contributed by atoms with Crippen molar-refractivity contribution in [3.8, 4) is 83.8 Å². The second kappa shape index (κ2) is 14.7. The lowest BCUT2D eigenvalue weighted by molar-refractivity contribution is 0.660. The Morgan fingerprint density at radius 1 is 0.299 bits per heavy atom. The molecule has 9 aromatic carbocycles. The van der Waals surface area contributed by atoms with Gasteiger partial charge in [0.05, 0.1) is 22.4 Å². The van der Waals surface area contributed by atoms with Crippen LogP contribution in [0.25, 0.3) is 106 Å². The quantitative estimate of drug-likeness (QED) is 0.163. The van der Waals surface area contributed by atoms with Gasteiger partial charge in [-0.05, 0) is 139 Å². The van der Waals surface area contributed by atoms with Crippen LogP contribution in [0.1, 0.15) is 49.9 Å². The van der Waals surface area contributed by atoms with Crippen LogP contribution in [0, 0.1) is 0 Å². The minimum absolute atomic E-state index is 0.168. The molecule has 0 spiro atoms. The minimum atomic E-state index is -0.199. The van der Waals surface area contributed by atoms with Gasteiger partial charge in [-0.15, -0.1) is 0 Å². The third-order valence-corrected chi connectivity index (χ3v) is 15.0. The molecule has 0 fully saturated rings. The van der Waals surface area contributed by atoms with Crippen LogP contribution >= 0.6 is 0 Å². The van der Waals surface area contributed by atoms with Crippen LogP contribution in [-0.4, -0.2) is 9.55 Å². The Kier molecular flexibility index (Phi) is 8.64. The van der Waals surface area contributed by atoms with E-state index in [4.69, 9.17) is 4.98 Å². The van der Waals surface area contributed by atoms with Gasteiger partial charge < -0.3 is 4.57 Å². The molecule has 0 saturated heterocycles. The van der Waals surface area contributed by atoms with Crippen molar-refractivity contribution < 1.29 is 0 Å². The van der Waals surface area contributed by atoms with Gasteiger partial charge in [-0.1, -0.05) is 185 Å². The Balaban J connectivity index is 0.824. The topological polar surface area (TPSA) is 17.8 Å². The molecule has 2 heteroatoms. The van der Waals surface area contributed by atoms with Crippen LogP contribution in [0.15, 0.2) is 218 Å². The lowest BCUT2D eigenvalue weighted by Crippen LogP contribution is -2.15. The molecule has 0 unspecified atom stereocenters. The maximum absolute atomic E-state index is 5.28. The van der Waals surface area contributed by atoms with E-state index in [0.29, 0.717) is 0 Å². The molecule has 2 aliphatic carbocycles. The van der Waals surface area contributed by atoms with Crippen molar-refractivity contribution in [3.63, 3.8) is 0 Å². The smallest absolute Gasteiger partial charge is 0.0715 e. The summed E-state index contributed by atoms with van der Waals surface area (Å²) in [5, 5.41) is 2.57. The molecule has 318 valence electrons. The Bertz CT molecular complexity index is 3680. The standard InChI is InChI=1S/C65H48N2/c1-64(2)56-35-45(26-30-50(56)52-32-28-47(37-58(52)64)61-39-48(41-16-7-5-8-17-41)38-60(66-61)42-18-9-6-10-19-42)43-20-15-21-44(34-43)46-27-31-51-53-33-29-49(40-59(53)65(3,4)57(51)36-46)67-62-24-13-11-22-54(62)55-23-12-14-25-63(55)67/h5-40H,1-4H3. The van der Waals surface area contributed by atoms with Crippen LogP contribution in [0.5, 0.6) is 0 Å². The largest absolute Gasteiger partial charge is 0.309 e. The highest BCUT2D eigenvalue weighted by Crippen LogP contribution is 2.53. The fourth-order valence-corrected chi connectivity index (χ4v) is 11.4. The lowest BCUT2D eigenvalue weighted by atomic mass is 9.80. The first-order chi connectivity index (χ1) is 32.7. The first-order valence-corrected chi connectivity index (χ1v) is 23.5. The summed E-state index contributed by atoms with van der Waals surface area (Å²) in [6, 6.07) is 80.5. The molecule has 0 atom stereocenters.